The maximum Gasteiger partial charge on any atom is 0.188 e. The second kappa shape index (κ2) is 32.6. The lowest BCUT2D eigenvalue weighted by atomic mass is 9.84. The molecule has 0 N–H and O–H groups in total. The summed E-state index contributed by atoms with van der Waals surface area (Å²) >= 11 is 19.6. The maximum atomic E-state index is 4.98. The highest BCUT2D eigenvalue weighted by Gasteiger charge is 2.37. The molecule has 362 valence electrons. The number of hydrogen-bond acceptors (Lipinski definition) is 12. The van der Waals surface area contributed by atoms with E-state index in [1.807, 2.05) is 0 Å². The van der Waals surface area contributed by atoms with E-state index < -0.39 is 0 Å². The highest BCUT2D eigenvalue weighted by Crippen LogP contribution is 2.39. The smallest absolute Gasteiger partial charge is 0.188 e. The van der Waals surface area contributed by atoms with Crippen molar-refractivity contribution in [1.82, 2.24) is 59.1 Å². The standard InChI is InChI=1S/C48H86N12S4/c1-5-9-13-17-21-25-29-33-57-41(49-53-45(57)61)37-39(43-51-55-47(63)59(43)35-31-27-23-19-15-11-7-3)40(44-52-56-48(64)60(44)36-32-28-24-20-16-12-8-4)38-42-50-54-46(62)58(42)34-30-26-22-18-14-10-6-2/h39-40H,5-38H2,1-4H3,(H,53,61)(H,54,62)(H,55,63)(H,56,64). The van der Waals surface area contributed by atoms with Gasteiger partial charge in [-0.2, -0.15) is 0 Å². The topological polar surface area (TPSA) is 123 Å². The largest absolute Gasteiger partial charge is 0.306 e. The molecule has 12 nitrogen and oxygen atoms in total. The van der Waals surface area contributed by atoms with Crippen LogP contribution in [0.5, 0.6) is 0 Å². The monoisotopic (exact) mass is 959 g/mol. The third-order valence-electron chi connectivity index (χ3n) is 13.0. The lowest BCUT2D eigenvalue weighted by Crippen LogP contribution is -2.26. The van der Waals surface area contributed by atoms with Crippen molar-refractivity contribution in [2.45, 2.75) is 279 Å². The van der Waals surface area contributed by atoms with E-state index in [4.69, 9.17) is 70.9 Å². The van der Waals surface area contributed by atoms with Crippen LogP contribution in [0.1, 0.15) is 243 Å². The Balaban J connectivity index is 1.73. The number of aromatic nitrogens is 12. The molecule has 0 saturated heterocycles. The van der Waals surface area contributed by atoms with Gasteiger partial charge >= 0.3 is 0 Å². The van der Waals surface area contributed by atoms with Crippen molar-refractivity contribution in [2.24, 2.45) is 0 Å². The van der Waals surface area contributed by atoms with E-state index in [1.54, 1.807) is 0 Å². The molecule has 0 aliphatic carbocycles. The summed E-state index contributed by atoms with van der Waals surface area (Å²) in [5, 5.41) is 40.6. The second-order valence-corrected chi connectivity index (χ2v) is 19.9. The minimum absolute atomic E-state index is 0.223. The van der Waals surface area contributed by atoms with Crippen LogP contribution in [-0.2, 0) is 39.0 Å². The molecule has 0 fully saturated rings. The zero-order chi connectivity index (χ0) is 45.8. The first-order chi connectivity index (χ1) is 31.3. The molecule has 2 atom stereocenters. The summed E-state index contributed by atoms with van der Waals surface area (Å²) in [5.41, 5.74) is 0. The van der Waals surface area contributed by atoms with Gasteiger partial charge in [0, 0.05) is 50.9 Å². The van der Waals surface area contributed by atoms with E-state index in [9.17, 15) is 0 Å². The Morgan fingerprint density at radius 1 is 0.297 bits per heavy atom. The van der Waals surface area contributed by atoms with Crippen molar-refractivity contribution in [1.29, 1.82) is 0 Å². The lowest BCUT2D eigenvalue weighted by molar-refractivity contribution is 0.401. The molecule has 0 bridgehead atoms. The number of thiol groups is 4. The number of rotatable bonds is 39. The Kier molecular flexibility index (Phi) is 27.8. The Hall–Kier alpha value is -2.04. The van der Waals surface area contributed by atoms with Crippen molar-refractivity contribution in [3.8, 4) is 0 Å². The third-order valence-corrected chi connectivity index (χ3v) is 14.4. The second-order valence-electron chi connectivity index (χ2n) is 18.3. The SMILES string of the molecule is CCCCCCCCCn1c(S)nnc1CC(c1nnc(S)n1CCCCCCCCC)C(Cc1nnc(S)n1CCCCCCCCC)c1nnc(S)n1CCCCCCCCC. The molecule has 4 heterocycles. The van der Waals surface area contributed by atoms with Crippen molar-refractivity contribution in [2.75, 3.05) is 0 Å². The molecule has 4 aromatic heterocycles. The minimum Gasteiger partial charge on any atom is -0.306 e. The summed E-state index contributed by atoms with van der Waals surface area (Å²) in [6.07, 6.45) is 35.4. The van der Waals surface area contributed by atoms with Crippen molar-refractivity contribution < 1.29 is 0 Å². The first-order valence-electron chi connectivity index (χ1n) is 25.8. The Morgan fingerprint density at radius 2 is 0.531 bits per heavy atom. The molecule has 16 heteroatoms. The van der Waals surface area contributed by atoms with E-state index in [0.717, 1.165) is 88.0 Å². The first-order valence-corrected chi connectivity index (χ1v) is 27.6. The lowest BCUT2D eigenvalue weighted by Gasteiger charge is -2.27. The molecule has 0 aliphatic heterocycles. The zero-order valence-electron chi connectivity index (χ0n) is 40.4. The fourth-order valence-corrected chi connectivity index (χ4v) is 10.1. The molecule has 64 heavy (non-hydrogen) atoms. The van der Waals surface area contributed by atoms with Gasteiger partial charge in [-0.1, -0.05) is 182 Å². The van der Waals surface area contributed by atoms with Crippen LogP contribution in [0.2, 0.25) is 0 Å². The Morgan fingerprint density at radius 3 is 0.828 bits per heavy atom. The predicted octanol–water partition coefficient (Wildman–Crippen LogP) is 13.6. The molecular formula is C48H86N12S4. The zero-order valence-corrected chi connectivity index (χ0v) is 43.9. The number of hydrogen-bond donors (Lipinski definition) is 4. The van der Waals surface area contributed by atoms with Gasteiger partial charge in [-0.15, -0.1) is 91.3 Å². The van der Waals surface area contributed by atoms with Crippen LogP contribution in [0.4, 0.5) is 0 Å². The molecule has 0 amide bonds. The maximum absolute atomic E-state index is 4.98. The summed E-state index contributed by atoms with van der Waals surface area (Å²) in [6.45, 7) is 12.3. The number of unbranched alkanes of at least 4 members (excludes halogenated alkanes) is 24. The van der Waals surface area contributed by atoms with Gasteiger partial charge < -0.3 is 18.3 Å². The van der Waals surface area contributed by atoms with E-state index in [-0.39, 0.29) is 11.8 Å². The Labute approximate surface area is 409 Å². The van der Waals surface area contributed by atoms with Gasteiger partial charge in [-0.05, 0) is 25.7 Å². The van der Waals surface area contributed by atoms with Gasteiger partial charge in [-0.25, -0.2) is 0 Å². The molecule has 4 aromatic rings. The van der Waals surface area contributed by atoms with Crippen LogP contribution in [0.25, 0.3) is 0 Å². The average Bonchev–Trinajstić information content (AvgIpc) is 4.05. The van der Waals surface area contributed by atoms with Crippen LogP contribution in [0.15, 0.2) is 20.6 Å². The van der Waals surface area contributed by atoms with Crippen molar-refractivity contribution in [3.63, 3.8) is 0 Å². The fourth-order valence-electron chi connectivity index (χ4n) is 9.13. The summed E-state index contributed by atoms with van der Waals surface area (Å²) in [6, 6.07) is 0. The average molecular weight is 960 g/mol. The molecule has 4 rings (SSSR count). The highest BCUT2D eigenvalue weighted by molar-refractivity contribution is 7.80. The predicted molar refractivity (Wildman–Crippen MR) is 274 cm³/mol. The van der Waals surface area contributed by atoms with Crippen LogP contribution >= 0.6 is 50.5 Å². The van der Waals surface area contributed by atoms with Crippen LogP contribution < -0.4 is 0 Å². The van der Waals surface area contributed by atoms with Gasteiger partial charge in [0.05, 0.1) is 0 Å². The molecule has 0 radical (unpaired) electrons. The van der Waals surface area contributed by atoms with E-state index >= 15 is 0 Å². The summed E-state index contributed by atoms with van der Waals surface area (Å²) in [4.78, 5) is 0. The van der Waals surface area contributed by atoms with Crippen LogP contribution in [0, 0.1) is 0 Å². The Bertz CT molecular complexity index is 1670. The van der Waals surface area contributed by atoms with Crippen LogP contribution in [-0.4, -0.2) is 59.1 Å². The normalized spacial score (nSPS) is 12.8. The fraction of sp³-hybridized carbons (Fsp3) is 0.833. The summed E-state index contributed by atoms with van der Waals surface area (Å²) in [7, 11) is 0. The third kappa shape index (κ3) is 18.6. The van der Waals surface area contributed by atoms with Gasteiger partial charge in [0.25, 0.3) is 0 Å². The summed E-state index contributed by atoms with van der Waals surface area (Å²) in [5.74, 6) is 3.09. The molecule has 0 spiro atoms. The van der Waals surface area contributed by atoms with E-state index in [1.165, 1.54) is 141 Å². The van der Waals surface area contributed by atoms with Gasteiger partial charge in [0.15, 0.2) is 20.6 Å². The van der Waals surface area contributed by atoms with Gasteiger partial charge in [0.2, 0.25) is 0 Å². The first kappa shape index (κ1) is 54.6. The van der Waals surface area contributed by atoms with Crippen molar-refractivity contribution >= 4 is 50.5 Å². The van der Waals surface area contributed by atoms with Crippen LogP contribution in [0.3, 0.4) is 0 Å². The van der Waals surface area contributed by atoms with E-state index in [0.29, 0.717) is 33.5 Å². The van der Waals surface area contributed by atoms with Crippen molar-refractivity contribution in [3.05, 3.63) is 23.3 Å². The molecule has 0 saturated carbocycles. The molecule has 2 unspecified atom stereocenters. The molecule has 0 aliphatic rings. The summed E-state index contributed by atoms with van der Waals surface area (Å²) < 4.78 is 8.88. The minimum atomic E-state index is -0.223. The number of nitrogens with zero attached hydrogens (tertiary/aromatic N) is 12. The highest BCUT2D eigenvalue weighted by atomic mass is 32.1. The van der Waals surface area contributed by atoms with Gasteiger partial charge in [0.1, 0.15) is 23.3 Å². The quantitative estimate of drug-likeness (QED) is 0.0258. The van der Waals surface area contributed by atoms with E-state index in [2.05, 4.69) is 66.4 Å². The van der Waals surface area contributed by atoms with Gasteiger partial charge in [-0.3, -0.25) is 0 Å². The molecule has 0 aromatic carbocycles. The molecular weight excluding hydrogens is 873 g/mol.